The largest absolute Gasteiger partial charge is 0.394 e. The summed E-state index contributed by atoms with van der Waals surface area (Å²) >= 11 is 0. The summed E-state index contributed by atoms with van der Waals surface area (Å²) in [6.07, 6.45) is 5.76. The number of carbonyl (C=O) groups is 1. The van der Waals surface area contributed by atoms with E-state index in [1.165, 1.54) is 0 Å². The first-order chi connectivity index (χ1) is 9.26. The van der Waals surface area contributed by atoms with Gasteiger partial charge in [0.1, 0.15) is 5.82 Å². The summed E-state index contributed by atoms with van der Waals surface area (Å²) in [5.74, 6) is 0.810. The minimum absolute atomic E-state index is 0.0119. The molecule has 1 fully saturated rings. The van der Waals surface area contributed by atoms with Crippen LogP contribution in [0.3, 0.4) is 0 Å². The van der Waals surface area contributed by atoms with Crippen LogP contribution in [0.1, 0.15) is 55.5 Å². The van der Waals surface area contributed by atoms with E-state index in [-0.39, 0.29) is 24.4 Å². The van der Waals surface area contributed by atoms with Crippen molar-refractivity contribution >= 4 is 5.91 Å². The van der Waals surface area contributed by atoms with Crippen LogP contribution in [0.25, 0.3) is 0 Å². The van der Waals surface area contributed by atoms with E-state index in [2.05, 4.69) is 22.1 Å². The molecule has 1 atom stereocenters. The Morgan fingerprint density at radius 2 is 2.32 bits per heavy atom. The number of likely N-dealkylation sites (tertiary alicyclic amines) is 1. The Morgan fingerprint density at radius 1 is 1.47 bits per heavy atom. The topological polar surface area (TPSA) is 82.1 Å². The third-order valence-electron chi connectivity index (χ3n) is 3.56. The fraction of sp³-hybridized carbons (Fsp3) is 0.769. The van der Waals surface area contributed by atoms with Crippen LogP contribution in [0.15, 0.2) is 0 Å². The number of aryl methyl sites for hydroxylation is 1. The number of aromatic amines is 1. The third kappa shape index (κ3) is 3.32. The highest BCUT2D eigenvalue weighted by molar-refractivity contribution is 5.90. The van der Waals surface area contributed by atoms with Gasteiger partial charge in [0, 0.05) is 13.0 Å². The lowest BCUT2D eigenvalue weighted by atomic mass is 10.1. The molecule has 1 unspecified atom stereocenters. The van der Waals surface area contributed by atoms with Crippen molar-refractivity contribution in [3.63, 3.8) is 0 Å². The predicted molar refractivity (Wildman–Crippen MR) is 70.8 cm³/mol. The third-order valence-corrected chi connectivity index (χ3v) is 3.56. The van der Waals surface area contributed by atoms with Crippen LogP contribution in [-0.2, 0) is 6.42 Å². The van der Waals surface area contributed by atoms with Crippen LogP contribution in [-0.4, -0.2) is 50.3 Å². The van der Waals surface area contributed by atoms with E-state index in [1.807, 2.05) is 0 Å². The summed E-state index contributed by atoms with van der Waals surface area (Å²) in [7, 11) is 0. The van der Waals surface area contributed by atoms with Gasteiger partial charge >= 0.3 is 0 Å². The first kappa shape index (κ1) is 14.0. The van der Waals surface area contributed by atoms with Gasteiger partial charge in [-0.2, -0.15) is 0 Å². The number of hydrogen-bond acceptors (Lipinski definition) is 4. The summed E-state index contributed by atoms with van der Waals surface area (Å²) < 4.78 is 0. The molecule has 0 spiro atoms. The average Bonchev–Trinajstić information content (AvgIpc) is 2.75. The number of aromatic nitrogens is 3. The number of amides is 1. The van der Waals surface area contributed by atoms with Crippen molar-refractivity contribution in [2.24, 2.45) is 0 Å². The number of nitrogens with one attached hydrogen (secondary N) is 1. The Hall–Kier alpha value is -1.43. The molecule has 0 aliphatic carbocycles. The summed E-state index contributed by atoms with van der Waals surface area (Å²) in [5, 5.41) is 16.2. The lowest BCUT2D eigenvalue weighted by Gasteiger charge is -2.27. The second kappa shape index (κ2) is 6.65. The molecule has 1 amide bonds. The first-order valence-electron chi connectivity index (χ1n) is 7.09. The van der Waals surface area contributed by atoms with Crippen molar-refractivity contribution < 1.29 is 9.90 Å². The van der Waals surface area contributed by atoms with E-state index >= 15 is 0 Å². The van der Waals surface area contributed by atoms with Gasteiger partial charge in [-0.1, -0.05) is 19.8 Å². The fourth-order valence-electron chi connectivity index (χ4n) is 2.50. The number of H-pyrrole nitrogens is 1. The van der Waals surface area contributed by atoms with E-state index in [0.717, 1.165) is 44.3 Å². The van der Waals surface area contributed by atoms with Gasteiger partial charge in [-0.3, -0.25) is 9.89 Å². The van der Waals surface area contributed by atoms with Crippen LogP contribution < -0.4 is 0 Å². The molecule has 1 aliphatic heterocycles. The second-order valence-corrected chi connectivity index (χ2v) is 5.04. The molecule has 1 saturated heterocycles. The molecule has 2 N–H and O–H groups in total. The van der Waals surface area contributed by atoms with Crippen molar-refractivity contribution in [1.82, 2.24) is 20.1 Å². The van der Waals surface area contributed by atoms with Gasteiger partial charge in [0.2, 0.25) is 5.82 Å². The molecule has 0 bridgehead atoms. The van der Waals surface area contributed by atoms with Gasteiger partial charge in [0.25, 0.3) is 5.91 Å². The smallest absolute Gasteiger partial charge is 0.293 e. The highest BCUT2D eigenvalue weighted by Gasteiger charge is 2.28. The Morgan fingerprint density at radius 3 is 3.05 bits per heavy atom. The molecule has 106 valence electrons. The molecular weight excluding hydrogens is 244 g/mol. The van der Waals surface area contributed by atoms with Gasteiger partial charge in [-0.15, -0.1) is 5.10 Å². The zero-order chi connectivity index (χ0) is 13.7. The van der Waals surface area contributed by atoms with E-state index in [0.29, 0.717) is 6.54 Å². The lowest BCUT2D eigenvalue weighted by Crippen LogP contribution is -2.42. The highest BCUT2D eigenvalue weighted by atomic mass is 16.3. The normalized spacial score (nSPS) is 20.3. The highest BCUT2D eigenvalue weighted by Crippen LogP contribution is 2.18. The maximum atomic E-state index is 12.4. The molecule has 2 heterocycles. The molecule has 1 aromatic heterocycles. The van der Waals surface area contributed by atoms with Crippen molar-refractivity contribution in [2.75, 3.05) is 13.2 Å². The quantitative estimate of drug-likeness (QED) is 0.856. The van der Waals surface area contributed by atoms with Crippen molar-refractivity contribution in [3.8, 4) is 0 Å². The van der Waals surface area contributed by atoms with Gasteiger partial charge in [-0.05, 0) is 19.3 Å². The van der Waals surface area contributed by atoms with Gasteiger partial charge < -0.3 is 10.0 Å². The van der Waals surface area contributed by atoms with Crippen molar-refractivity contribution in [1.29, 1.82) is 0 Å². The Kier molecular flexibility index (Phi) is 4.90. The summed E-state index contributed by atoms with van der Waals surface area (Å²) in [4.78, 5) is 18.4. The number of hydrogen-bond donors (Lipinski definition) is 2. The molecular formula is C13H22N4O2. The standard InChI is InChI=1S/C13H22N4O2/c1-2-6-11-14-12(16-15-11)13(19)17-8-5-3-4-7-10(17)9-18/h10,18H,2-9H2,1H3,(H,14,15,16). The Balaban J connectivity index is 2.10. The van der Waals surface area contributed by atoms with E-state index in [9.17, 15) is 9.90 Å². The molecule has 0 aromatic carbocycles. The van der Waals surface area contributed by atoms with Crippen LogP contribution in [0.4, 0.5) is 0 Å². The number of aliphatic hydroxyl groups excluding tert-OH is 1. The number of rotatable bonds is 4. The zero-order valence-corrected chi connectivity index (χ0v) is 11.4. The van der Waals surface area contributed by atoms with Crippen LogP contribution in [0.2, 0.25) is 0 Å². The van der Waals surface area contributed by atoms with Crippen molar-refractivity contribution in [2.45, 2.75) is 51.5 Å². The van der Waals surface area contributed by atoms with E-state index in [4.69, 9.17) is 0 Å². The summed E-state index contributed by atoms with van der Waals surface area (Å²) in [6, 6.07) is -0.0943. The fourth-order valence-corrected chi connectivity index (χ4v) is 2.50. The SMILES string of the molecule is CCCc1nc(C(=O)N2CCCCCC2CO)n[nH]1. The minimum Gasteiger partial charge on any atom is -0.394 e. The Bertz CT molecular complexity index is 419. The van der Waals surface area contributed by atoms with E-state index < -0.39 is 0 Å². The molecule has 19 heavy (non-hydrogen) atoms. The van der Waals surface area contributed by atoms with Crippen LogP contribution in [0.5, 0.6) is 0 Å². The van der Waals surface area contributed by atoms with Crippen LogP contribution in [0, 0.1) is 0 Å². The molecule has 6 heteroatoms. The summed E-state index contributed by atoms with van der Waals surface area (Å²) in [6.45, 7) is 2.75. The van der Waals surface area contributed by atoms with Gasteiger partial charge in [0.05, 0.1) is 12.6 Å². The number of aliphatic hydroxyl groups is 1. The monoisotopic (exact) mass is 266 g/mol. The second-order valence-electron chi connectivity index (χ2n) is 5.04. The first-order valence-corrected chi connectivity index (χ1v) is 7.09. The van der Waals surface area contributed by atoms with Crippen molar-refractivity contribution in [3.05, 3.63) is 11.6 Å². The minimum atomic E-state index is -0.167. The number of nitrogens with zero attached hydrogens (tertiary/aromatic N) is 3. The van der Waals surface area contributed by atoms with Crippen LogP contribution >= 0.6 is 0 Å². The van der Waals surface area contributed by atoms with Gasteiger partial charge in [-0.25, -0.2) is 4.98 Å². The van der Waals surface area contributed by atoms with Gasteiger partial charge in [0.15, 0.2) is 0 Å². The Labute approximate surface area is 113 Å². The average molecular weight is 266 g/mol. The molecule has 0 radical (unpaired) electrons. The maximum absolute atomic E-state index is 12.4. The molecule has 1 aromatic rings. The van der Waals surface area contributed by atoms with E-state index in [1.54, 1.807) is 4.90 Å². The molecule has 0 saturated carbocycles. The maximum Gasteiger partial charge on any atom is 0.293 e. The lowest BCUT2D eigenvalue weighted by molar-refractivity contribution is 0.0588. The predicted octanol–water partition coefficient (Wildman–Crippen LogP) is 1.13. The number of carbonyl (C=O) groups excluding carboxylic acids is 1. The molecule has 6 nitrogen and oxygen atoms in total. The summed E-state index contributed by atoms with van der Waals surface area (Å²) in [5.41, 5.74) is 0. The zero-order valence-electron chi connectivity index (χ0n) is 11.4. The molecule has 2 rings (SSSR count). The molecule has 1 aliphatic rings.